The van der Waals surface area contributed by atoms with E-state index < -0.39 is 6.67 Å². The maximum Gasteiger partial charge on any atom is 0.180 e. The van der Waals surface area contributed by atoms with Crippen molar-refractivity contribution in [2.24, 2.45) is 0 Å². The summed E-state index contributed by atoms with van der Waals surface area (Å²) in [5.41, 5.74) is 3.62. The van der Waals surface area contributed by atoms with Crippen LogP contribution in [0.3, 0.4) is 0 Å². The molecule has 0 aliphatic heterocycles. The summed E-state index contributed by atoms with van der Waals surface area (Å²) >= 11 is 1.80. The van der Waals surface area contributed by atoms with Gasteiger partial charge in [-0.15, -0.1) is 11.3 Å². The van der Waals surface area contributed by atoms with Crippen LogP contribution in [-0.2, 0) is 13.0 Å². The molecule has 0 fully saturated rings. The Bertz CT molecular complexity index is 1010. The predicted octanol–water partition coefficient (Wildman–Crippen LogP) is 5.97. The van der Waals surface area contributed by atoms with Crippen molar-refractivity contribution in [3.63, 3.8) is 0 Å². The molecule has 3 rings (SSSR count). The minimum Gasteiger partial charge on any atom is -0.264 e. The van der Waals surface area contributed by atoms with E-state index in [4.69, 9.17) is 5.10 Å². The van der Waals surface area contributed by atoms with Gasteiger partial charge in [0.1, 0.15) is 12.4 Å². The van der Waals surface area contributed by atoms with E-state index in [1.807, 2.05) is 16.8 Å². The molecular weight excluding hydrogens is 383 g/mol. The molecule has 3 aromatic heterocycles. The van der Waals surface area contributed by atoms with Gasteiger partial charge in [0.15, 0.2) is 5.82 Å². The zero-order chi connectivity index (χ0) is 20.6. The summed E-state index contributed by atoms with van der Waals surface area (Å²) < 4.78 is 15.4. The zero-order valence-corrected chi connectivity index (χ0v) is 17.6. The molecule has 0 saturated heterocycles. The highest BCUT2D eigenvalue weighted by Crippen LogP contribution is 2.33. The molecule has 0 radical (unpaired) electrons. The first-order valence-corrected chi connectivity index (χ1v) is 10.5. The molecule has 0 saturated carbocycles. The first-order chi connectivity index (χ1) is 14.2. The van der Waals surface area contributed by atoms with Crippen molar-refractivity contribution in [3.8, 4) is 22.8 Å². The quantitative estimate of drug-likeness (QED) is 0.410. The number of hydrogen-bond donors (Lipinski definition) is 0. The number of thiophene rings is 1. The van der Waals surface area contributed by atoms with Gasteiger partial charge in [0, 0.05) is 34.3 Å². The normalized spacial score (nSPS) is 12.0. The van der Waals surface area contributed by atoms with Crippen LogP contribution < -0.4 is 0 Å². The van der Waals surface area contributed by atoms with Gasteiger partial charge in [0.05, 0.1) is 5.69 Å². The molecule has 0 aromatic carbocycles. The molecule has 29 heavy (non-hydrogen) atoms. The number of hydrogen-bond acceptors (Lipinski definition) is 4. The topological polar surface area (TPSA) is 43.6 Å². The molecule has 0 spiro atoms. The Labute approximate surface area is 175 Å². The van der Waals surface area contributed by atoms with Gasteiger partial charge in [-0.25, -0.2) is 14.4 Å². The van der Waals surface area contributed by atoms with Crippen molar-refractivity contribution < 1.29 is 4.39 Å². The SMILES string of the molecule is C=C/C=C\C=C(/CF)CCn1nc(-c2ncccn2)cc1-c1cc(CC)sc1C. The molecule has 6 heteroatoms. The number of rotatable bonds is 9. The average molecular weight is 409 g/mol. The van der Waals surface area contributed by atoms with Gasteiger partial charge >= 0.3 is 0 Å². The zero-order valence-electron chi connectivity index (χ0n) is 16.8. The van der Waals surface area contributed by atoms with E-state index in [1.54, 1.807) is 48.0 Å². The number of aromatic nitrogens is 4. The lowest BCUT2D eigenvalue weighted by Gasteiger charge is -2.08. The third kappa shape index (κ3) is 5.15. The number of nitrogens with zero attached hydrogens (tertiary/aromatic N) is 4. The minimum absolute atomic E-state index is 0.482. The fourth-order valence-corrected chi connectivity index (χ4v) is 4.02. The van der Waals surface area contributed by atoms with Gasteiger partial charge in [-0.05, 0) is 43.5 Å². The van der Waals surface area contributed by atoms with Crippen molar-refractivity contribution >= 4 is 11.3 Å². The molecular formula is C23H25FN4S. The summed E-state index contributed by atoms with van der Waals surface area (Å²) in [6.07, 6.45) is 12.1. The van der Waals surface area contributed by atoms with Crippen LogP contribution in [0.4, 0.5) is 4.39 Å². The number of alkyl halides is 1. The van der Waals surface area contributed by atoms with E-state index in [-0.39, 0.29) is 0 Å². The van der Waals surface area contributed by atoms with Crippen LogP contribution >= 0.6 is 11.3 Å². The Morgan fingerprint density at radius 1 is 1.24 bits per heavy atom. The van der Waals surface area contributed by atoms with E-state index in [0.717, 1.165) is 23.4 Å². The minimum atomic E-state index is -0.482. The summed E-state index contributed by atoms with van der Waals surface area (Å²) in [5, 5.41) is 4.75. The standard InChI is InChI=1S/C23H25FN4S/c1-4-6-7-9-18(16-24)10-13-28-22(20-14-19(5-2)29-17(20)3)15-21(27-28)23-25-11-8-12-26-23/h4,6-9,11-12,14-15H,1,5,10,13,16H2,2-3H3/b7-6-,18-9-. The summed E-state index contributed by atoms with van der Waals surface area (Å²) in [4.78, 5) is 11.2. The number of aryl methyl sites for hydroxylation is 3. The van der Waals surface area contributed by atoms with E-state index >= 15 is 0 Å². The van der Waals surface area contributed by atoms with Gasteiger partial charge in [0.25, 0.3) is 0 Å². The first kappa shape index (κ1) is 20.9. The van der Waals surface area contributed by atoms with E-state index in [1.165, 1.54) is 15.3 Å². The molecule has 0 N–H and O–H groups in total. The van der Waals surface area contributed by atoms with Gasteiger partial charge < -0.3 is 0 Å². The van der Waals surface area contributed by atoms with Crippen LogP contribution in [0.2, 0.25) is 0 Å². The maximum absolute atomic E-state index is 13.4. The van der Waals surface area contributed by atoms with Crippen molar-refractivity contribution in [1.29, 1.82) is 0 Å². The first-order valence-electron chi connectivity index (χ1n) is 9.64. The predicted molar refractivity (Wildman–Crippen MR) is 119 cm³/mol. The second-order valence-corrected chi connectivity index (χ2v) is 7.92. The molecule has 0 amide bonds. The highest BCUT2D eigenvalue weighted by molar-refractivity contribution is 7.12. The van der Waals surface area contributed by atoms with Crippen molar-refractivity contribution in [2.45, 2.75) is 33.2 Å². The lowest BCUT2D eigenvalue weighted by molar-refractivity contribution is 0.513. The number of halogens is 1. The summed E-state index contributed by atoms with van der Waals surface area (Å²) in [6, 6.07) is 6.04. The van der Waals surface area contributed by atoms with Gasteiger partial charge in [-0.3, -0.25) is 4.68 Å². The van der Waals surface area contributed by atoms with Crippen LogP contribution in [0.5, 0.6) is 0 Å². The second kappa shape index (κ2) is 10.1. The fourth-order valence-electron chi connectivity index (χ4n) is 3.03. The molecule has 0 aliphatic rings. The van der Waals surface area contributed by atoms with Crippen LogP contribution in [0.15, 0.2) is 67.0 Å². The van der Waals surface area contributed by atoms with Crippen LogP contribution in [0.1, 0.15) is 23.1 Å². The highest BCUT2D eigenvalue weighted by atomic mass is 32.1. The van der Waals surface area contributed by atoms with E-state index in [2.05, 4.69) is 36.5 Å². The molecule has 3 heterocycles. The molecule has 150 valence electrons. The Morgan fingerprint density at radius 3 is 2.69 bits per heavy atom. The molecule has 0 atom stereocenters. The largest absolute Gasteiger partial charge is 0.264 e. The van der Waals surface area contributed by atoms with Gasteiger partial charge in [-0.2, -0.15) is 5.10 Å². The fraction of sp³-hybridized carbons (Fsp3) is 0.261. The van der Waals surface area contributed by atoms with Crippen LogP contribution in [0, 0.1) is 6.92 Å². The summed E-state index contributed by atoms with van der Waals surface area (Å²) in [7, 11) is 0. The number of allylic oxidation sites excluding steroid dienone is 5. The van der Waals surface area contributed by atoms with Crippen LogP contribution in [0.25, 0.3) is 22.8 Å². The van der Waals surface area contributed by atoms with Crippen molar-refractivity contribution in [1.82, 2.24) is 19.7 Å². The van der Waals surface area contributed by atoms with Crippen LogP contribution in [-0.4, -0.2) is 26.4 Å². The van der Waals surface area contributed by atoms with Crippen molar-refractivity contribution in [3.05, 3.63) is 76.8 Å². The average Bonchev–Trinajstić information content (AvgIpc) is 3.34. The summed E-state index contributed by atoms with van der Waals surface area (Å²) in [5.74, 6) is 0.589. The molecule has 4 nitrogen and oxygen atoms in total. The Balaban J connectivity index is 1.96. The smallest absolute Gasteiger partial charge is 0.180 e. The molecule has 0 unspecified atom stereocenters. The lowest BCUT2D eigenvalue weighted by atomic mass is 10.1. The molecule has 3 aromatic rings. The molecule has 0 aliphatic carbocycles. The van der Waals surface area contributed by atoms with Gasteiger partial charge in [0.2, 0.25) is 0 Å². The van der Waals surface area contributed by atoms with E-state index in [0.29, 0.717) is 18.8 Å². The Kier molecular flexibility index (Phi) is 7.25. The van der Waals surface area contributed by atoms with Gasteiger partial charge in [-0.1, -0.05) is 37.8 Å². The lowest BCUT2D eigenvalue weighted by Crippen LogP contribution is -2.05. The highest BCUT2D eigenvalue weighted by Gasteiger charge is 2.17. The second-order valence-electron chi connectivity index (χ2n) is 6.58. The third-order valence-corrected chi connectivity index (χ3v) is 5.76. The Morgan fingerprint density at radius 2 is 2.03 bits per heavy atom. The van der Waals surface area contributed by atoms with E-state index in [9.17, 15) is 4.39 Å². The van der Waals surface area contributed by atoms with Crippen molar-refractivity contribution in [2.75, 3.05) is 6.67 Å². The summed E-state index contributed by atoms with van der Waals surface area (Å²) in [6.45, 7) is 8.02. The monoisotopic (exact) mass is 408 g/mol. The molecule has 0 bridgehead atoms. The Hall–Kier alpha value is -2.86. The third-order valence-electron chi connectivity index (χ3n) is 4.56. The maximum atomic E-state index is 13.4.